The molecule has 0 unspecified atom stereocenters. The topological polar surface area (TPSA) is 54.9 Å². The Kier molecular flexibility index (Phi) is 5.75. The summed E-state index contributed by atoms with van der Waals surface area (Å²) in [6.07, 6.45) is 3.64. The molecule has 0 saturated carbocycles. The van der Waals surface area contributed by atoms with Crippen molar-refractivity contribution in [1.29, 1.82) is 0 Å². The maximum absolute atomic E-state index is 13.3. The van der Waals surface area contributed by atoms with Crippen LogP contribution in [0.1, 0.15) is 22.3 Å². The van der Waals surface area contributed by atoms with E-state index in [1.54, 1.807) is 0 Å². The second kappa shape index (κ2) is 8.71. The van der Waals surface area contributed by atoms with Crippen LogP contribution in [-0.4, -0.2) is 28.8 Å². The monoisotopic (exact) mass is 473 g/mol. The zero-order chi connectivity index (χ0) is 23.1. The van der Waals surface area contributed by atoms with Crippen LogP contribution in [0.2, 0.25) is 10.3 Å². The number of carbonyl (C=O) groups excluding carboxylic acids is 1. The van der Waals surface area contributed by atoms with Crippen molar-refractivity contribution in [1.82, 2.24) is 15.3 Å². The third-order valence-electron chi connectivity index (χ3n) is 5.78. The van der Waals surface area contributed by atoms with E-state index in [1.165, 1.54) is 0 Å². The van der Waals surface area contributed by atoms with E-state index in [0.29, 0.717) is 34.5 Å². The van der Waals surface area contributed by atoms with E-state index in [1.807, 2.05) is 74.5 Å². The number of benzene rings is 2. The summed E-state index contributed by atoms with van der Waals surface area (Å²) in [6, 6.07) is 16.0. The van der Waals surface area contributed by atoms with Gasteiger partial charge in [-0.2, -0.15) is 0 Å². The number of carbonyl (C=O) groups is 1. The molecule has 1 fully saturated rings. The number of hydrogen-bond donors (Lipinski definition) is 1. The molecule has 6 heteroatoms. The first-order chi connectivity index (χ1) is 15.9. The van der Waals surface area contributed by atoms with Crippen LogP contribution in [0, 0.1) is 13.8 Å². The molecular weight excluding hydrogens is 453 g/mol. The molecule has 0 radical (unpaired) electrons. The summed E-state index contributed by atoms with van der Waals surface area (Å²) in [5.41, 5.74) is 6.62. The van der Waals surface area contributed by atoms with Crippen LogP contribution in [0.4, 0.5) is 0 Å². The molecule has 0 spiro atoms. The van der Waals surface area contributed by atoms with Crippen LogP contribution in [0.25, 0.3) is 34.0 Å². The van der Waals surface area contributed by atoms with E-state index in [9.17, 15) is 4.79 Å². The number of nitrogens with one attached hydrogen (secondary N) is 1. The number of hydrogen-bond acceptors (Lipinski definition) is 4. The minimum absolute atomic E-state index is 0.0334. The van der Waals surface area contributed by atoms with E-state index in [2.05, 4.69) is 15.3 Å². The Morgan fingerprint density at radius 3 is 1.67 bits per heavy atom. The third kappa shape index (κ3) is 4.42. The molecule has 0 bridgehead atoms. The van der Waals surface area contributed by atoms with Crippen molar-refractivity contribution >= 4 is 62.9 Å². The number of fused-ring (bicyclic) bond motifs is 2. The van der Waals surface area contributed by atoms with Gasteiger partial charge in [0.05, 0.1) is 11.0 Å². The number of rotatable bonds is 2. The molecular formula is C27H21Cl2N3O. The number of pyridine rings is 2. The van der Waals surface area contributed by atoms with E-state index in [0.717, 1.165) is 44.1 Å². The van der Waals surface area contributed by atoms with E-state index in [4.69, 9.17) is 23.2 Å². The normalized spacial score (nSPS) is 16.9. The van der Waals surface area contributed by atoms with Crippen LogP contribution in [0.3, 0.4) is 0 Å². The van der Waals surface area contributed by atoms with Gasteiger partial charge in [-0.25, -0.2) is 9.97 Å². The van der Waals surface area contributed by atoms with Gasteiger partial charge in [0.25, 0.3) is 0 Å². The highest BCUT2D eigenvalue weighted by Gasteiger charge is 2.21. The van der Waals surface area contributed by atoms with Crippen molar-refractivity contribution in [2.24, 2.45) is 0 Å². The lowest BCUT2D eigenvalue weighted by Crippen LogP contribution is -2.32. The molecule has 4 nitrogen and oxygen atoms in total. The number of aromatic nitrogens is 2. The Hall–Kier alpha value is -3.05. The summed E-state index contributed by atoms with van der Waals surface area (Å²) in [5, 5.41) is 6.01. The van der Waals surface area contributed by atoms with Gasteiger partial charge in [0.1, 0.15) is 10.3 Å². The molecule has 164 valence electrons. The lowest BCUT2D eigenvalue weighted by molar-refractivity contribution is -0.112. The highest BCUT2D eigenvalue weighted by Crippen LogP contribution is 2.27. The summed E-state index contributed by atoms with van der Waals surface area (Å²) < 4.78 is 0. The summed E-state index contributed by atoms with van der Waals surface area (Å²) in [6.45, 7) is 4.95. The maximum atomic E-state index is 13.3. The van der Waals surface area contributed by atoms with Crippen molar-refractivity contribution in [2.45, 2.75) is 13.8 Å². The second-order valence-corrected chi connectivity index (χ2v) is 9.12. The van der Waals surface area contributed by atoms with Gasteiger partial charge in [0.15, 0.2) is 5.78 Å². The van der Waals surface area contributed by atoms with Gasteiger partial charge >= 0.3 is 0 Å². The molecule has 4 aromatic rings. The van der Waals surface area contributed by atoms with Gasteiger partial charge in [0.2, 0.25) is 0 Å². The smallest absolute Gasteiger partial charge is 0.187 e. The van der Waals surface area contributed by atoms with Gasteiger partial charge in [-0.1, -0.05) is 47.5 Å². The average Bonchev–Trinajstić information content (AvgIpc) is 2.77. The zero-order valence-corrected chi connectivity index (χ0v) is 19.8. The Balaban J connectivity index is 1.51. The minimum atomic E-state index is -0.0334. The molecule has 0 aliphatic carbocycles. The molecule has 3 heterocycles. The summed E-state index contributed by atoms with van der Waals surface area (Å²) in [5.74, 6) is -0.0334. The third-order valence-corrected chi connectivity index (χ3v) is 6.39. The molecule has 5 rings (SSSR count). The van der Waals surface area contributed by atoms with Crippen LogP contribution >= 0.6 is 23.2 Å². The van der Waals surface area contributed by atoms with E-state index < -0.39 is 0 Å². The van der Waals surface area contributed by atoms with Crippen LogP contribution in [-0.2, 0) is 4.79 Å². The standard InChI is InChI=1S/C27H21Cl2N3O/c1-15-3-5-17-9-19(26(28)31-23(17)7-15)11-21-13-30-14-22(25(21)33)12-20-10-18-6-4-16(2)8-24(18)32-27(20)29/h3-12,30H,13-14H2,1-2H3/b21-11+,22-12+. The minimum Gasteiger partial charge on any atom is -0.308 e. The van der Waals surface area contributed by atoms with Crippen LogP contribution in [0.15, 0.2) is 59.7 Å². The SMILES string of the molecule is Cc1ccc2cc(/C=C3\CNC/C(=C\c4cc5ccc(C)cc5nc4Cl)C3=O)c(Cl)nc2c1. The maximum Gasteiger partial charge on any atom is 0.187 e. The van der Waals surface area contributed by atoms with E-state index in [-0.39, 0.29) is 5.78 Å². The first kappa shape index (κ1) is 21.8. The zero-order valence-electron chi connectivity index (χ0n) is 18.2. The Bertz CT molecular complexity index is 1390. The van der Waals surface area contributed by atoms with E-state index >= 15 is 0 Å². The van der Waals surface area contributed by atoms with Crippen molar-refractivity contribution < 1.29 is 4.79 Å². The molecule has 1 aliphatic rings. The van der Waals surface area contributed by atoms with Crippen molar-refractivity contribution in [3.63, 3.8) is 0 Å². The van der Waals surface area contributed by atoms with Gasteiger partial charge in [-0.3, -0.25) is 4.79 Å². The summed E-state index contributed by atoms with van der Waals surface area (Å²) >= 11 is 12.9. The van der Waals surface area contributed by atoms with Gasteiger partial charge in [-0.15, -0.1) is 0 Å². The highest BCUT2D eigenvalue weighted by atomic mass is 35.5. The number of nitrogens with zero attached hydrogens (tertiary/aromatic N) is 2. The van der Waals surface area contributed by atoms with Crippen LogP contribution < -0.4 is 5.32 Å². The first-order valence-corrected chi connectivity index (χ1v) is 11.4. The van der Waals surface area contributed by atoms with Crippen LogP contribution in [0.5, 0.6) is 0 Å². The quantitative estimate of drug-likeness (QED) is 0.272. The molecule has 33 heavy (non-hydrogen) atoms. The molecule has 1 saturated heterocycles. The van der Waals surface area contributed by atoms with Crippen molar-refractivity contribution in [3.8, 4) is 0 Å². The van der Waals surface area contributed by atoms with Crippen molar-refractivity contribution in [3.05, 3.63) is 92.2 Å². The largest absolute Gasteiger partial charge is 0.308 e. The Morgan fingerprint density at radius 2 is 1.21 bits per heavy atom. The lowest BCUT2D eigenvalue weighted by atomic mass is 9.95. The Morgan fingerprint density at radius 1 is 0.758 bits per heavy atom. The number of halogens is 2. The predicted octanol–water partition coefficient (Wildman–Crippen LogP) is 6.35. The molecule has 1 aliphatic heterocycles. The molecule has 1 N–H and O–H groups in total. The summed E-state index contributed by atoms with van der Waals surface area (Å²) in [7, 11) is 0. The van der Waals surface area contributed by atoms with Crippen molar-refractivity contribution in [2.75, 3.05) is 13.1 Å². The fourth-order valence-electron chi connectivity index (χ4n) is 4.05. The summed E-state index contributed by atoms with van der Waals surface area (Å²) in [4.78, 5) is 22.3. The second-order valence-electron chi connectivity index (χ2n) is 8.40. The lowest BCUT2D eigenvalue weighted by Gasteiger charge is -2.18. The molecule has 2 aromatic carbocycles. The fourth-order valence-corrected chi connectivity index (χ4v) is 4.45. The number of piperidine rings is 1. The average molecular weight is 474 g/mol. The van der Waals surface area contributed by atoms with Gasteiger partial charge in [0, 0.05) is 46.1 Å². The highest BCUT2D eigenvalue weighted by molar-refractivity contribution is 6.32. The fraction of sp³-hybridized carbons (Fsp3) is 0.148. The Labute approximate surface area is 202 Å². The molecule has 0 amide bonds. The number of Topliss-reactive ketones (excluding diaryl/α,β-unsaturated/α-hetero) is 1. The molecule has 2 aromatic heterocycles. The molecule has 0 atom stereocenters. The number of aryl methyl sites for hydroxylation is 2. The van der Waals surface area contributed by atoms with Gasteiger partial charge in [-0.05, 0) is 61.4 Å². The number of ketones is 1. The van der Waals surface area contributed by atoms with Gasteiger partial charge < -0.3 is 5.32 Å². The predicted molar refractivity (Wildman–Crippen MR) is 137 cm³/mol. The first-order valence-electron chi connectivity index (χ1n) is 10.7.